The summed E-state index contributed by atoms with van der Waals surface area (Å²) in [4.78, 5) is 4.92. The molecule has 0 aliphatic carbocycles. The molecule has 3 rings (SSSR count). The van der Waals surface area contributed by atoms with Crippen molar-refractivity contribution in [1.82, 2.24) is 4.90 Å². The van der Waals surface area contributed by atoms with Crippen LogP contribution in [0, 0.1) is 17.2 Å². The smallest absolute Gasteiger partial charge is 0.101 e. The van der Waals surface area contributed by atoms with E-state index in [1.165, 1.54) is 25.8 Å². The lowest BCUT2D eigenvalue weighted by Crippen LogP contribution is -2.52. The topological polar surface area (TPSA) is 30.3 Å². The van der Waals surface area contributed by atoms with Gasteiger partial charge in [-0.2, -0.15) is 5.26 Å². The lowest BCUT2D eigenvalue weighted by Gasteiger charge is -2.46. The van der Waals surface area contributed by atoms with Crippen LogP contribution in [0.15, 0.2) is 18.2 Å². The molecule has 1 aromatic rings. The molecule has 0 amide bonds. The molecule has 3 nitrogen and oxygen atoms in total. The van der Waals surface area contributed by atoms with Crippen LogP contribution < -0.4 is 4.90 Å². The van der Waals surface area contributed by atoms with E-state index in [1.807, 2.05) is 12.1 Å². The van der Waals surface area contributed by atoms with Gasteiger partial charge in [-0.1, -0.05) is 6.07 Å². The highest BCUT2D eigenvalue weighted by atomic mass is 35.5. The van der Waals surface area contributed by atoms with Crippen molar-refractivity contribution in [3.63, 3.8) is 0 Å². The Hall–Kier alpha value is -1.24. The number of hydrogen-bond donors (Lipinski definition) is 0. The van der Waals surface area contributed by atoms with Gasteiger partial charge in [0.15, 0.2) is 0 Å². The molecule has 112 valence electrons. The molecule has 0 bridgehead atoms. The standard InChI is InChI=1S/C17H22ClN3/c1-20-7-2-3-14-12-21(8-6-16(14)20)17-5-4-13(10-18)9-15(17)11-19/h4-5,9,14,16H,2-3,6-8,10,12H2,1H3. The molecule has 2 aliphatic rings. The summed E-state index contributed by atoms with van der Waals surface area (Å²) in [6, 6.07) is 9.11. The average molecular weight is 304 g/mol. The van der Waals surface area contributed by atoms with Crippen molar-refractivity contribution in [3.8, 4) is 6.07 Å². The molecule has 1 aromatic carbocycles. The van der Waals surface area contributed by atoms with E-state index in [-0.39, 0.29) is 0 Å². The molecule has 0 spiro atoms. The number of benzene rings is 1. The Balaban J connectivity index is 1.81. The van der Waals surface area contributed by atoms with Gasteiger partial charge in [0.05, 0.1) is 11.3 Å². The quantitative estimate of drug-likeness (QED) is 0.786. The number of nitrogens with zero attached hydrogens (tertiary/aromatic N) is 3. The Bertz CT molecular complexity index is 551. The van der Waals surface area contributed by atoms with E-state index in [9.17, 15) is 5.26 Å². The summed E-state index contributed by atoms with van der Waals surface area (Å²) in [5.41, 5.74) is 2.86. The highest BCUT2D eigenvalue weighted by molar-refractivity contribution is 6.17. The second-order valence-corrected chi connectivity index (χ2v) is 6.55. The van der Waals surface area contributed by atoms with E-state index >= 15 is 0 Å². The van der Waals surface area contributed by atoms with Crippen LogP contribution in [0.1, 0.15) is 30.4 Å². The van der Waals surface area contributed by atoms with Gasteiger partial charge < -0.3 is 9.80 Å². The first-order chi connectivity index (χ1) is 10.2. The number of anilines is 1. The first kappa shape index (κ1) is 14.7. The molecule has 2 unspecified atom stereocenters. The summed E-state index contributed by atoms with van der Waals surface area (Å²) in [5, 5.41) is 9.42. The summed E-state index contributed by atoms with van der Waals surface area (Å²) in [6.45, 7) is 3.35. The van der Waals surface area contributed by atoms with Gasteiger partial charge in [0.2, 0.25) is 0 Å². The lowest BCUT2D eigenvalue weighted by molar-refractivity contribution is 0.102. The molecule has 0 N–H and O–H groups in total. The van der Waals surface area contributed by atoms with Gasteiger partial charge in [-0.15, -0.1) is 11.6 Å². The molecular weight excluding hydrogens is 282 g/mol. The molecular formula is C17H22ClN3. The molecule has 2 saturated heterocycles. The van der Waals surface area contributed by atoms with Gasteiger partial charge in [0.1, 0.15) is 6.07 Å². The zero-order valence-electron chi connectivity index (χ0n) is 12.6. The maximum Gasteiger partial charge on any atom is 0.101 e. The fraction of sp³-hybridized carbons (Fsp3) is 0.588. The Morgan fingerprint density at radius 2 is 2.19 bits per heavy atom. The number of hydrogen-bond acceptors (Lipinski definition) is 3. The third-order valence-electron chi connectivity index (χ3n) is 5.02. The summed E-state index contributed by atoms with van der Waals surface area (Å²) < 4.78 is 0. The Labute approximate surface area is 132 Å². The molecule has 2 atom stereocenters. The zero-order chi connectivity index (χ0) is 14.8. The third-order valence-corrected chi connectivity index (χ3v) is 5.33. The van der Waals surface area contributed by atoms with Crippen molar-refractivity contribution in [3.05, 3.63) is 29.3 Å². The highest BCUT2D eigenvalue weighted by Crippen LogP contribution is 2.33. The largest absolute Gasteiger partial charge is 0.370 e. The van der Waals surface area contributed by atoms with Crippen molar-refractivity contribution >= 4 is 17.3 Å². The fourth-order valence-electron chi connectivity index (χ4n) is 3.90. The second-order valence-electron chi connectivity index (χ2n) is 6.28. The van der Waals surface area contributed by atoms with E-state index in [0.717, 1.165) is 41.9 Å². The van der Waals surface area contributed by atoms with E-state index in [4.69, 9.17) is 11.6 Å². The van der Waals surface area contributed by atoms with Gasteiger partial charge in [0.25, 0.3) is 0 Å². The van der Waals surface area contributed by atoms with Gasteiger partial charge in [0, 0.05) is 25.0 Å². The van der Waals surface area contributed by atoms with Crippen LogP contribution in [0.5, 0.6) is 0 Å². The molecule has 21 heavy (non-hydrogen) atoms. The van der Waals surface area contributed by atoms with Gasteiger partial charge >= 0.3 is 0 Å². The summed E-state index contributed by atoms with van der Waals surface area (Å²) in [5.74, 6) is 1.20. The van der Waals surface area contributed by atoms with Gasteiger partial charge in [-0.25, -0.2) is 0 Å². The number of likely N-dealkylation sites (tertiary alicyclic amines) is 1. The number of nitriles is 1. The lowest BCUT2D eigenvalue weighted by atomic mass is 9.84. The van der Waals surface area contributed by atoms with Crippen LogP contribution in [-0.2, 0) is 5.88 Å². The summed E-state index contributed by atoms with van der Waals surface area (Å²) >= 11 is 5.87. The van der Waals surface area contributed by atoms with Crippen molar-refractivity contribution in [2.75, 3.05) is 31.6 Å². The van der Waals surface area contributed by atoms with Crippen LogP contribution >= 0.6 is 11.6 Å². The van der Waals surface area contributed by atoms with Crippen LogP contribution in [-0.4, -0.2) is 37.6 Å². The normalized spacial score (nSPS) is 26.2. The SMILES string of the molecule is CN1CCCC2CN(c3ccc(CCl)cc3C#N)CCC21. The highest BCUT2D eigenvalue weighted by Gasteiger charge is 2.34. The third kappa shape index (κ3) is 2.88. The fourth-order valence-corrected chi connectivity index (χ4v) is 4.07. The van der Waals surface area contributed by atoms with Gasteiger partial charge in [-0.3, -0.25) is 0 Å². The molecule has 2 heterocycles. The minimum atomic E-state index is 0.463. The van der Waals surface area contributed by atoms with E-state index in [1.54, 1.807) is 0 Å². The number of alkyl halides is 1. The number of halogens is 1. The summed E-state index contributed by atoms with van der Waals surface area (Å²) in [6.07, 6.45) is 3.80. The van der Waals surface area contributed by atoms with Gasteiger partial charge in [-0.05, 0) is 56.5 Å². The molecule has 4 heteroatoms. The van der Waals surface area contributed by atoms with Crippen molar-refractivity contribution in [1.29, 1.82) is 5.26 Å². The van der Waals surface area contributed by atoms with Crippen LogP contribution in [0.2, 0.25) is 0 Å². The molecule has 0 aromatic heterocycles. The number of rotatable bonds is 2. The predicted octanol–water partition coefficient (Wildman–Crippen LogP) is 3.22. The summed E-state index contributed by atoms with van der Waals surface area (Å²) in [7, 11) is 2.25. The Morgan fingerprint density at radius 3 is 2.95 bits per heavy atom. The zero-order valence-corrected chi connectivity index (χ0v) is 13.3. The predicted molar refractivity (Wildman–Crippen MR) is 86.7 cm³/mol. The first-order valence-electron chi connectivity index (χ1n) is 7.77. The first-order valence-corrected chi connectivity index (χ1v) is 8.30. The van der Waals surface area contributed by atoms with Crippen LogP contribution in [0.3, 0.4) is 0 Å². The van der Waals surface area contributed by atoms with Crippen molar-refractivity contribution < 1.29 is 0 Å². The Morgan fingerprint density at radius 1 is 1.33 bits per heavy atom. The molecule has 0 saturated carbocycles. The maximum absolute atomic E-state index is 9.42. The maximum atomic E-state index is 9.42. The van der Waals surface area contributed by atoms with Crippen LogP contribution in [0.25, 0.3) is 0 Å². The average Bonchev–Trinajstić information content (AvgIpc) is 2.54. The van der Waals surface area contributed by atoms with Crippen LogP contribution in [0.4, 0.5) is 5.69 Å². The number of fused-ring (bicyclic) bond motifs is 1. The van der Waals surface area contributed by atoms with E-state index in [0.29, 0.717) is 5.88 Å². The van der Waals surface area contributed by atoms with Crippen molar-refractivity contribution in [2.45, 2.75) is 31.2 Å². The monoisotopic (exact) mass is 303 g/mol. The second kappa shape index (κ2) is 6.25. The molecule has 2 aliphatic heterocycles. The Kier molecular flexibility index (Phi) is 4.37. The van der Waals surface area contributed by atoms with E-state index < -0.39 is 0 Å². The van der Waals surface area contributed by atoms with Crippen molar-refractivity contribution in [2.24, 2.45) is 5.92 Å². The minimum absolute atomic E-state index is 0.463. The number of piperidine rings is 2. The van der Waals surface area contributed by atoms with E-state index in [2.05, 4.69) is 29.0 Å². The molecule has 0 radical (unpaired) electrons. The minimum Gasteiger partial charge on any atom is -0.370 e. The molecule has 2 fully saturated rings.